The minimum absolute atomic E-state index is 0.000806. The normalized spacial score (nSPS) is 20.6. The van der Waals surface area contributed by atoms with Crippen LogP contribution in [0, 0.1) is 11.8 Å². The summed E-state index contributed by atoms with van der Waals surface area (Å²) < 4.78 is 17.2. The van der Waals surface area contributed by atoms with Gasteiger partial charge in [0.2, 0.25) is 0 Å². The van der Waals surface area contributed by atoms with Crippen LogP contribution in [0.1, 0.15) is 79.6 Å². The number of rotatable bonds is 16. The van der Waals surface area contributed by atoms with Gasteiger partial charge in [0.15, 0.2) is 8.32 Å². The number of carbonyl (C=O) groups is 3. The van der Waals surface area contributed by atoms with Crippen LogP contribution in [0.5, 0.6) is 0 Å². The zero-order chi connectivity index (χ0) is 29.8. The van der Waals surface area contributed by atoms with Gasteiger partial charge in [-0.1, -0.05) is 51.1 Å². The van der Waals surface area contributed by atoms with Crippen molar-refractivity contribution in [2.45, 2.75) is 114 Å². The Balaban J connectivity index is 2.32. The highest BCUT2D eigenvalue weighted by Gasteiger charge is 2.50. The van der Waals surface area contributed by atoms with Gasteiger partial charge in [0.1, 0.15) is 5.78 Å². The van der Waals surface area contributed by atoms with Gasteiger partial charge in [-0.2, -0.15) is 0 Å². The fourth-order valence-corrected chi connectivity index (χ4v) is 7.52. The van der Waals surface area contributed by atoms with Crippen molar-refractivity contribution in [3.05, 3.63) is 42.5 Å². The quantitative estimate of drug-likeness (QED) is 0.0640. The predicted molar refractivity (Wildman–Crippen MR) is 165 cm³/mol. The van der Waals surface area contributed by atoms with Crippen molar-refractivity contribution >= 4 is 37.8 Å². The molecular formula is C32H50O6SSi. The summed E-state index contributed by atoms with van der Waals surface area (Å²) in [5.74, 6) is -0.555. The summed E-state index contributed by atoms with van der Waals surface area (Å²) in [5, 5.41) is 0.0151. The van der Waals surface area contributed by atoms with Gasteiger partial charge in [-0.25, -0.2) is 0 Å². The van der Waals surface area contributed by atoms with Crippen molar-refractivity contribution < 1.29 is 28.3 Å². The third-order valence-corrected chi connectivity index (χ3v) is 13.7. The van der Waals surface area contributed by atoms with Crippen molar-refractivity contribution in [2.75, 3.05) is 13.2 Å². The second-order valence-corrected chi connectivity index (χ2v) is 18.0. The van der Waals surface area contributed by atoms with Crippen LogP contribution < -0.4 is 0 Å². The Morgan fingerprint density at radius 1 is 1.02 bits per heavy atom. The molecule has 1 aromatic carbocycles. The molecule has 8 heteroatoms. The van der Waals surface area contributed by atoms with Crippen LogP contribution in [0.3, 0.4) is 0 Å². The SMILES string of the molecule is CCOC(=O)CCCC/C=C\[C@H](Sc1ccccc1)[C@@H]1[C@H](CCC(=O)OCC)C(=O)C[C@H]1O[Si](C)(C)C(C)(C)C. The molecule has 0 aromatic heterocycles. The van der Waals surface area contributed by atoms with Gasteiger partial charge in [-0.3, -0.25) is 14.4 Å². The summed E-state index contributed by atoms with van der Waals surface area (Å²) in [6.45, 7) is 15.5. The molecule has 40 heavy (non-hydrogen) atoms. The molecule has 1 aromatic rings. The lowest BCUT2D eigenvalue weighted by Crippen LogP contribution is -2.46. The maximum absolute atomic E-state index is 13.5. The number of carbonyl (C=O) groups excluding carboxylic acids is 3. The minimum Gasteiger partial charge on any atom is -0.466 e. The van der Waals surface area contributed by atoms with E-state index in [4.69, 9.17) is 13.9 Å². The lowest BCUT2D eigenvalue weighted by Gasteiger charge is -2.41. The maximum atomic E-state index is 13.5. The molecule has 0 spiro atoms. The average molecular weight is 591 g/mol. The Morgan fingerprint density at radius 3 is 2.25 bits per heavy atom. The highest BCUT2D eigenvalue weighted by atomic mass is 32.2. The molecule has 0 unspecified atom stereocenters. The Morgan fingerprint density at radius 2 is 1.65 bits per heavy atom. The molecule has 0 amide bonds. The summed E-state index contributed by atoms with van der Waals surface area (Å²) in [5.41, 5.74) is 0. The van der Waals surface area contributed by atoms with Crippen molar-refractivity contribution in [3.8, 4) is 0 Å². The van der Waals surface area contributed by atoms with Crippen LogP contribution in [-0.2, 0) is 28.3 Å². The van der Waals surface area contributed by atoms with Gasteiger partial charge in [0.25, 0.3) is 0 Å². The number of ether oxygens (including phenoxy) is 2. The maximum Gasteiger partial charge on any atom is 0.305 e. The van der Waals surface area contributed by atoms with E-state index in [0.29, 0.717) is 32.5 Å². The van der Waals surface area contributed by atoms with Crippen LogP contribution >= 0.6 is 11.8 Å². The van der Waals surface area contributed by atoms with Gasteiger partial charge in [0, 0.05) is 41.2 Å². The van der Waals surface area contributed by atoms with E-state index in [1.807, 2.05) is 25.1 Å². The number of hydrogen-bond acceptors (Lipinski definition) is 7. The standard InChI is InChI=1S/C32H50O6SSi/c1-8-36-29(34)20-16-11-10-15-19-28(39-24-17-13-12-14-18-24)31-25(21-22-30(35)37-9-2)26(33)23-27(31)38-40(6,7)32(3,4)5/h12-15,17-19,25,27-28,31H,8-11,16,20-23H2,1-7H3/b19-15-/t25-,27-,28+,31-/m1/s1. The summed E-state index contributed by atoms with van der Waals surface area (Å²) >= 11 is 1.75. The fraction of sp³-hybridized carbons (Fsp3) is 0.656. The van der Waals surface area contributed by atoms with Gasteiger partial charge in [0.05, 0.1) is 19.3 Å². The van der Waals surface area contributed by atoms with Crippen LogP contribution in [0.4, 0.5) is 0 Å². The first-order valence-corrected chi connectivity index (χ1v) is 18.6. The molecule has 0 radical (unpaired) electrons. The number of benzene rings is 1. The molecule has 0 bridgehead atoms. The second kappa shape index (κ2) is 16.5. The molecule has 0 saturated heterocycles. The largest absolute Gasteiger partial charge is 0.466 e. The van der Waals surface area contributed by atoms with Crippen LogP contribution in [0.2, 0.25) is 18.1 Å². The van der Waals surface area contributed by atoms with E-state index in [1.165, 1.54) is 0 Å². The monoisotopic (exact) mass is 590 g/mol. The summed E-state index contributed by atoms with van der Waals surface area (Å²) in [7, 11) is -2.15. The molecule has 0 heterocycles. The molecule has 6 nitrogen and oxygen atoms in total. The fourth-order valence-electron chi connectivity index (χ4n) is 4.83. The molecule has 1 saturated carbocycles. The summed E-state index contributed by atoms with van der Waals surface area (Å²) in [4.78, 5) is 38.6. The average Bonchev–Trinajstić information content (AvgIpc) is 3.18. The van der Waals surface area contributed by atoms with Crippen molar-refractivity contribution in [2.24, 2.45) is 11.8 Å². The molecular weight excluding hydrogens is 540 g/mol. The van der Waals surface area contributed by atoms with Crippen molar-refractivity contribution in [1.82, 2.24) is 0 Å². The van der Waals surface area contributed by atoms with Gasteiger partial charge < -0.3 is 13.9 Å². The number of esters is 2. The van der Waals surface area contributed by atoms with Gasteiger partial charge in [-0.15, -0.1) is 11.8 Å². The van der Waals surface area contributed by atoms with E-state index in [0.717, 1.165) is 24.2 Å². The van der Waals surface area contributed by atoms with Crippen LogP contribution in [0.25, 0.3) is 0 Å². The lowest BCUT2D eigenvalue weighted by molar-refractivity contribution is -0.144. The second-order valence-electron chi connectivity index (χ2n) is 12.0. The molecule has 2 rings (SSSR count). The highest BCUT2D eigenvalue weighted by Crippen LogP contribution is 2.47. The first-order valence-electron chi connectivity index (χ1n) is 14.8. The predicted octanol–water partition coefficient (Wildman–Crippen LogP) is 7.77. The van der Waals surface area contributed by atoms with E-state index >= 15 is 0 Å². The molecule has 4 atom stereocenters. The van der Waals surface area contributed by atoms with Crippen molar-refractivity contribution in [3.63, 3.8) is 0 Å². The number of thioether (sulfide) groups is 1. The van der Waals surface area contributed by atoms with E-state index in [1.54, 1.807) is 18.7 Å². The highest BCUT2D eigenvalue weighted by molar-refractivity contribution is 8.00. The number of hydrogen-bond donors (Lipinski definition) is 0. The first kappa shape index (κ1) is 34.3. The number of ketones is 1. The number of unbranched alkanes of at least 4 members (excludes halogenated alkanes) is 2. The minimum atomic E-state index is -2.15. The van der Waals surface area contributed by atoms with Crippen molar-refractivity contribution in [1.29, 1.82) is 0 Å². The van der Waals surface area contributed by atoms with Gasteiger partial charge >= 0.3 is 11.9 Å². The zero-order valence-electron chi connectivity index (χ0n) is 25.6. The Hall–Kier alpha value is -1.90. The van der Waals surface area contributed by atoms with E-state index < -0.39 is 8.32 Å². The van der Waals surface area contributed by atoms with E-state index in [2.05, 4.69) is 58.2 Å². The zero-order valence-corrected chi connectivity index (χ0v) is 27.4. The third kappa shape index (κ3) is 10.8. The summed E-state index contributed by atoms with van der Waals surface area (Å²) in [6, 6.07) is 10.3. The Labute approximate surface area is 247 Å². The Bertz CT molecular complexity index is 971. The molecule has 0 aliphatic heterocycles. The first-order chi connectivity index (χ1) is 18.9. The van der Waals surface area contributed by atoms with Gasteiger partial charge in [-0.05, 0) is 69.8 Å². The molecule has 1 fully saturated rings. The molecule has 1 aliphatic rings. The van der Waals surface area contributed by atoms with E-state index in [9.17, 15) is 14.4 Å². The number of Topliss-reactive ketones (excluding diaryl/α,β-unsaturated/α-hetero) is 1. The summed E-state index contributed by atoms with van der Waals surface area (Å²) in [6.07, 6.45) is 8.22. The number of allylic oxidation sites excluding steroid dienone is 1. The van der Waals surface area contributed by atoms with Crippen LogP contribution in [0.15, 0.2) is 47.4 Å². The van der Waals surface area contributed by atoms with Crippen LogP contribution in [-0.4, -0.2) is 50.6 Å². The molecule has 0 N–H and O–H groups in total. The lowest BCUT2D eigenvalue weighted by atomic mass is 9.87. The topological polar surface area (TPSA) is 78.9 Å². The Kier molecular flexibility index (Phi) is 14.2. The third-order valence-electron chi connectivity index (χ3n) is 7.95. The molecule has 224 valence electrons. The molecule has 1 aliphatic carbocycles. The van der Waals surface area contributed by atoms with E-state index in [-0.39, 0.29) is 52.4 Å². The smallest absolute Gasteiger partial charge is 0.305 e.